The molecule has 3 aromatic rings. The number of ether oxygens (including phenoxy) is 2. The van der Waals surface area contributed by atoms with E-state index in [2.05, 4.69) is 10.3 Å². The summed E-state index contributed by atoms with van der Waals surface area (Å²) in [5.74, 6) is 1.50. The zero-order chi connectivity index (χ0) is 22.4. The number of benzene rings is 2. The first-order chi connectivity index (χ1) is 15.5. The highest BCUT2D eigenvalue weighted by Crippen LogP contribution is 2.29. The maximum Gasteiger partial charge on any atom is 0.259 e. The van der Waals surface area contributed by atoms with Gasteiger partial charge < -0.3 is 14.8 Å². The molecule has 1 aliphatic rings. The van der Waals surface area contributed by atoms with Gasteiger partial charge in [0.05, 0.1) is 19.3 Å². The van der Waals surface area contributed by atoms with Gasteiger partial charge in [-0.05, 0) is 42.0 Å². The lowest BCUT2D eigenvalue weighted by Crippen LogP contribution is -2.45. The number of pyridine rings is 1. The summed E-state index contributed by atoms with van der Waals surface area (Å²) in [4.78, 5) is 18.6. The number of rotatable bonds is 8. The number of hydrogen-bond acceptors (Lipinski definition) is 5. The second kappa shape index (κ2) is 9.78. The predicted molar refractivity (Wildman–Crippen MR) is 119 cm³/mol. The lowest BCUT2D eigenvalue weighted by atomic mass is 10.0. The minimum Gasteiger partial charge on any atom is -0.497 e. The van der Waals surface area contributed by atoms with Gasteiger partial charge in [0.15, 0.2) is 0 Å². The molecule has 0 spiro atoms. The molecule has 0 radical (unpaired) electrons. The molecule has 2 heterocycles. The molecule has 1 aliphatic heterocycles. The first kappa shape index (κ1) is 21.8. The number of nitrogens with zero attached hydrogens (tertiary/aromatic N) is 2. The lowest BCUT2D eigenvalue weighted by molar-refractivity contribution is -0.132. The molecule has 2 aromatic carbocycles. The second-order valence-corrected chi connectivity index (χ2v) is 7.86. The molecule has 32 heavy (non-hydrogen) atoms. The Bertz CT molecular complexity index is 1060. The predicted octanol–water partition coefficient (Wildman–Crippen LogP) is 4.11. The monoisotopic (exact) mass is 435 g/mol. The minimum absolute atomic E-state index is 0.0576. The van der Waals surface area contributed by atoms with Crippen molar-refractivity contribution >= 4 is 5.91 Å². The lowest BCUT2D eigenvalue weighted by Gasteiger charge is -2.20. The van der Waals surface area contributed by atoms with E-state index in [1.54, 1.807) is 25.4 Å². The van der Waals surface area contributed by atoms with E-state index in [9.17, 15) is 4.79 Å². The number of likely N-dealkylation sites (tertiary alicyclic amines) is 1. The van der Waals surface area contributed by atoms with Gasteiger partial charge in [0.25, 0.3) is 5.91 Å². The Labute approximate surface area is 187 Å². The molecule has 0 aliphatic carbocycles. The standard InChI is InChI=1S/C25H26FN3O3/c1-31-21-8-5-10-23(15-21)32-22-9-4-6-19(14-22)17-29-13-11-25(26,18-29)24(30)28-16-20-7-2-3-12-27-20/h2-10,12,14-15H,11,13,16-18H2,1H3,(H,28,30). The molecule has 1 saturated heterocycles. The summed E-state index contributed by atoms with van der Waals surface area (Å²) in [5, 5.41) is 2.68. The fraction of sp³-hybridized carbons (Fsp3) is 0.280. The minimum atomic E-state index is -1.90. The van der Waals surface area contributed by atoms with Crippen molar-refractivity contribution in [1.29, 1.82) is 0 Å². The molecule has 0 bridgehead atoms. The number of amides is 1. The van der Waals surface area contributed by atoms with Gasteiger partial charge in [0.2, 0.25) is 5.67 Å². The van der Waals surface area contributed by atoms with Crippen molar-refractivity contribution in [2.45, 2.75) is 25.2 Å². The third kappa shape index (κ3) is 5.42. The van der Waals surface area contributed by atoms with Gasteiger partial charge in [-0.15, -0.1) is 0 Å². The van der Waals surface area contributed by atoms with Crippen LogP contribution in [0.4, 0.5) is 4.39 Å². The normalized spacial score (nSPS) is 18.3. The first-order valence-corrected chi connectivity index (χ1v) is 10.5. The number of carbonyl (C=O) groups excluding carboxylic acids is 1. The average molecular weight is 435 g/mol. The molecule has 0 saturated carbocycles. The zero-order valence-electron chi connectivity index (χ0n) is 18.0. The Balaban J connectivity index is 1.33. The van der Waals surface area contributed by atoms with Crippen molar-refractivity contribution in [3.63, 3.8) is 0 Å². The summed E-state index contributed by atoms with van der Waals surface area (Å²) < 4.78 is 26.5. The number of halogens is 1. The third-order valence-corrected chi connectivity index (χ3v) is 5.44. The van der Waals surface area contributed by atoms with Gasteiger partial charge >= 0.3 is 0 Å². The van der Waals surface area contributed by atoms with Crippen molar-refractivity contribution in [2.75, 3.05) is 20.2 Å². The van der Waals surface area contributed by atoms with Crippen molar-refractivity contribution in [3.8, 4) is 17.2 Å². The highest BCUT2D eigenvalue weighted by atomic mass is 19.1. The molecule has 6 nitrogen and oxygen atoms in total. The van der Waals surface area contributed by atoms with E-state index in [0.29, 0.717) is 30.3 Å². The Hall–Kier alpha value is -3.45. The third-order valence-electron chi connectivity index (χ3n) is 5.44. The number of methoxy groups -OCH3 is 1. The van der Waals surface area contributed by atoms with Crippen LogP contribution in [0.2, 0.25) is 0 Å². The molecular weight excluding hydrogens is 409 g/mol. The quantitative estimate of drug-likeness (QED) is 0.577. The van der Waals surface area contributed by atoms with Crippen molar-refractivity contribution in [1.82, 2.24) is 15.2 Å². The topological polar surface area (TPSA) is 63.7 Å². The maximum absolute atomic E-state index is 15.3. The molecule has 4 rings (SSSR count). The van der Waals surface area contributed by atoms with Crippen LogP contribution in [0.5, 0.6) is 17.2 Å². The van der Waals surface area contributed by atoms with E-state index >= 15 is 4.39 Å². The number of hydrogen-bond donors (Lipinski definition) is 1. The van der Waals surface area contributed by atoms with Crippen LogP contribution in [0.15, 0.2) is 72.9 Å². The van der Waals surface area contributed by atoms with Crippen LogP contribution in [0.1, 0.15) is 17.7 Å². The van der Waals surface area contributed by atoms with Crippen molar-refractivity contribution < 1.29 is 18.7 Å². The molecule has 7 heteroatoms. The molecule has 1 unspecified atom stereocenters. The smallest absolute Gasteiger partial charge is 0.259 e. The molecular formula is C25H26FN3O3. The van der Waals surface area contributed by atoms with Gasteiger partial charge in [-0.25, -0.2) is 4.39 Å². The summed E-state index contributed by atoms with van der Waals surface area (Å²) in [5.41, 5.74) is -0.209. The fourth-order valence-electron chi connectivity index (χ4n) is 3.77. The van der Waals surface area contributed by atoms with Crippen LogP contribution in [0.3, 0.4) is 0 Å². The van der Waals surface area contributed by atoms with E-state index in [-0.39, 0.29) is 19.5 Å². The fourth-order valence-corrected chi connectivity index (χ4v) is 3.77. The Morgan fingerprint density at radius 1 is 1.09 bits per heavy atom. The summed E-state index contributed by atoms with van der Waals surface area (Å²) in [6.45, 7) is 1.32. The first-order valence-electron chi connectivity index (χ1n) is 10.5. The summed E-state index contributed by atoms with van der Waals surface area (Å²) in [7, 11) is 1.61. The molecule has 1 N–H and O–H groups in total. The molecule has 1 amide bonds. The van der Waals surface area contributed by atoms with Crippen LogP contribution in [-0.2, 0) is 17.9 Å². The highest BCUT2D eigenvalue weighted by Gasteiger charge is 2.44. The van der Waals surface area contributed by atoms with Crippen LogP contribution < -0.4 is 14.8 Å². The van der Waals surface area contributed by atoms with Gasteiger partial charge in [-0.3, -0.25) is 14.7 Å². The summed E-state index contributed by atoms with van der Waals surface area (Å²) in [6.07, 6.45) is 1.82. The van der Waals surface area contributed by atoms with Crippen LogP contribution in [0, 0.1) is 0 Å². The van der Waals surface area contributed by atoms with Crippen molar-refractivity contribution in [2.24, 2.45) is 0 Å². The number of nitrogens with one attached hydrogen (secondary N) is 1. The summed E-state index contributed by atoms with van der Waals surface area (Å²) >= 11 is 0. The Kier molecular flexibility index (Phi) is 6.66. The molecule has 166 valence electrons. The van der Waals surface area contributed by atoms with Crippen LogP contribution >= 0.6 is 0 Å². The van der Waals surface area contributed by atoms with Gasteiger partial charge in [0, 0.05) is 38.3 Å². The number of alkyl halides is 1. The van der Waals surface area contributed by atoms with E-state index in [4.69, 9.17) is 9.47 Å². The largest absolute Gasteiger partial charge is 0.497 e. The zero-order valence-corrected chi connectivity index (χ0v) is 18.0. The van der Waals surface area contributed by atoms with Crippen molar-refractivity contribution in [3.05, 3.63) is 84.2 Å². The Morgan fingerprint density at radius 3 is 2.66 bits per heavy atom. The molecule has 1 atom stereocenters. The van der Waals surface area contributed by atoms with Gasteiger partial charge in [-0.2, -0.15) is 0 Å². The van der Waals surface area contributed by atoms with E-state index < -0.39 is 11.6 Å². The molecule has 1 fully saturated rings. The number of carbonyl (C=O) groups is 1. The Morgan fingerprint density at radius 2 is 1.88 bits per heavy atom. The van der Waals surface area contributed by atoms with Crippen LogP contribution in [0.25, 0.3) is 0 Å². The average Bonchev–Trinajstić information content (AvgIpc) is 3.20. The van der Waals surface area contributed by atoms with E-state index in [0.717, 1.165) is 11.3 Å². The molecule has 1 aromatic heterocycles. The summed E-state index contributed by atoms with van der Waals surface area (Å²) in [6, 6.07) is 20.5. The maximum atomic E-state index is 15.3. The van der Waals surface area contributed by atoms with Gasteiger partial charge in [-0.1, -0.05) is 24.3 Å². The van der Waals surface area contributed by atoms with Gasteiger partial charge in [0.1, 0.15) is 17.2 Å². The number of aromatic nitrogens is 1. The second-order valence-electron chi connectivity index (χ2n) is 7.86. The highest BCUT2D eigenvalue weighted by molar-refractivity contribution is 5.85. The van der Waals surface area contributed by atoms with E-state index in [1.807, 2.05) is 59.5 Å². The van der Waals surface area contributed by atoms with Crippen LogP contribution in [-0.4, -0.2) is 41.7 Å². The van der Waals surface area contributed by atoms with E-state index in [1.165, 1.54) is 0 Å². The SMILES string of the molecule is COc1cccc(Oc2cccc(CN3CCC(F)(C(=O)NCc4ccccn4)C3)c2)c1.